The van der Waals surface area contributed by atoms with E-state index in [9.17, 15) is 9.18 Å². The van der Waals surface area contributed by atoms with E-state index in [0.717, 1.165) is 0 Å². The van der Waals surface area contributed by atoms with Gasteiger partial charge in [0, 0.05) is 25.9 Å². The Morgan fingerprint density at radius 2 is 2.50 bits per heavy atom. The fourth-order valence-electron chi connectivity index (χ4n) is 1.04. The first kappa shape index (κ1) is 7.07. The maximum absolute atomic E-state index is 11.4. The number of amides is 1. The second-order valence-electron chi connectivity index (χ2n) is 2.41. The second-order valence-corrected chi connectivity index (χ2v) is 2.41. The van der Waals surface area contributed by atoms with E-state index in [1.807, 2.05) is 0 Å². The molecule has 1 unspecified atom stereocenters. The van der Waals surface area contributed by atoms with Gasteiger partial charge in [0.25, 0.3) is 0 Å². The van der Waals surface area contributed by atoms with Crippen LogP contribution in [-0.2, 0) is 4.79 Å². The number of halogens is 1. The topological polar surface area (TPSA) is 20.3 Å². The summed E-state index contributed by atoms with van der Waals surface area (Å²) in [6.45, 7) is 0.565. The molecule has 0 radical (unpaired) electrons. The maximum atomic E-state index is 11.4. The van der Waals surface area contributed by atoms with E-state index in [0.29, 0.717) is 13.0 Å². The third-order valence-electron chi connectivity index (χ3n) is 1.60. The van der Waals surface area contributed by atoms with E-state index in [1.54, 1.807) is 11.9 Å². The Hall–Kier alpha value is -1.04. The lowest BCUT2D eigenvalue weighted by molar-refractivity contribution is -0.126. The van der Waals surface area contributed by atoms with E-state index in [4.69, 9.17) is 0 Å². The molecule has 0 aromatic carbocycles. The van der Waals surface area contributed by atoms with Crippen LogP contribution in [0.5, 0.6) is 0 Å². The molecule has 10 heavy (non-hydrogen) atoms. The molecular weight excluding hydrogens is 133 g/mol. The molecule has 1 fully saturated rings. The summed E-state index contributed by atoms with van der Waals surface area (Å²) in [5.74, 6) is 2.28. The van der Waals surface area contributed by atoms with Crippen LogP contribution in [0, 0.1) is 18.0 Å². The van der Waals surface area contributed by atoms with E-state index >= 15 is 0 Å². The van der Waals surface area contributed by atoms with Crippen LogP contribution in [0.3, 0.4) is 0 Å². The number of nitrogens with zero attached hydrogens (tertiary/aromatic N) is 1. The first-order valence-corrected chi connectivity index (χ1v) is 3.09. The van der Waals surface area contributed by atoms with Crippen LogP contribution in [0.1, 0.15) is 6.42 Å². The third kappa shape index (κ3) is 1.27. The van der Waals surface area contributed by atoms with Crippen molar-refractivity contribution in [3.63, 3.8) is 0 Å². The lowest BCUT2D eigenvalue weighted by atomic mass is 10.1. The number of carbonyl (C=O) groups excluding carboxylic acids is 1. The standard InChI is InChI=1S/C7H8FNO/c1-9-5-6(2-3-8)4-7(9)10/h6H,4-5H2,1H3. The Kier molecular flexibility index (Phi) is 1.91. The predicted molar refractivity (Wildman–Crippen MR) is 34.6 cm³/mol. The van der Waals surface area contributed by atoms with Crippen LogP contribution >= 0.6 is 0 Å². The minimum Gasteiger partial charge on any atom is -0.344 e. The molecule has 0 spiro atoms. The van der Waals surface area contributed by atoms with Gasteiger partial charge in [-0.1, -0.05) is 5.92 Å². The third-order valence-corrected chi connectivity index (χ3v) is 1.60. The molecule has 3 heteroatoms. The number of rotatable bonds is 0. The van der Waals surface area contributed by atoms with E-state index in [-0.39, 0.29) is 11.8 Å². The van der Waals surface area contributed by atoms with Crippen molar-refractivity contribution in [1.29, 1.82) is 0 Å². The van der Waals surface area contributed by atoms with Gasteiger partial charge in [-0.3, -0.25) is 4.79 Å². The summed E-state index contributed by atoms with van der Waals surface area (Å²) in [6.07, 6.45) is 1.69. The molecule has 0 saturated carbocycles. The zero-order valence-corrected chi connectivity index (χ0v) is 5.72. The summed E-state index contributed by atoms with van der Waals surface area (Å²) in [6, 6.07) is 0. The number of likely N-dealkylation sites (tertiary alicyclic amines) is 1. The van der Waals surface area contributed by atoms with E-state index in [2.05, 4.69) is 5.92 Å². The van der Waals surface area contributed by atoms with Crippen LogP contribution in [0.2, 0.25) is 0 Å². The largest absolute Gasteiger partial charge is 0.344 e. The molecular formula is C7H8FNO. The highest BCUT2D eigenvalue weighted by molar-refractivity contribution is 5.78. The Balaban J connectivity index is 2.54. The van der Waals surface area contributed by atoms with Gasteiger partial charge in [-0.15, -0.1) is 4.39 Å². The molecule has 1 saturated heterocycles. The number of carbonyl (C=O) groups is 1. The Morgan fingerprint density at radius 3 is 2.90 bits per heavy atom. The van der Waals surface area contributed by atoms with Gasteiger partial charge in [0.15, 0.2) is 0 Å². The van der Waals surface area contributed by atoms with Crippen molar-refractivity contribution in [3.8, 4) is 12.1 Å². The summed E-state index contributed by atoms with van der Waals surface area (Å²) in [5, 5.41) is 0. The molecule has 1 aliphatic heterocycles. The monoisotopic (exact) mass is 141 g/mol. The molecule has 0 aromatic rings. The molecule has 1 atom stereocenters. The molecule has 0 bridgehead atoms. The van der Waals surface area contributed by atoms with Crippen molar-refractivity contribution in [1.82, 2.24) is 4.90 Å². The van der Waals surface area contributed by atoms with Crippen molar-refractivity contribution in [2.45, 2.75) is 6.42 Å². The first-order chi connectivity index (χ1) is 4.74. The minimum absolute atomic E-state index is 0.0488. The number of hydrogen-bond donors (Lipinski definition) is 0. The van der Waals surface area contributed by atoms with E-state index < -0.39 is 0 Å². The lowest BCUT2D eigenvalue weighted by Crippen LogP contribution is -2.18. The van der Waals surface area contributed by atoms with Crippen LogP contribution in [0.25, 0.3) is 0 Å². The molecule has 0 aliphatic carbocycles. The van der Waals surface area contributed by atoms with E-state index in [1.165, 1.54) is 6.17 Å². The van der Waals surface area contributed by atoms with Gasteiger partial charge in [-0.2, -0.15) is 0 Å². The zero-order chi connectivity index (χ0) is 7.56. The summed E-state index contributed by atoms with van der Waals surface area (Å²) >= 11 is 0. The van der Waals surface area contributed by atoms with Crippen LogP contribution in [-0.4, -0.2) is 24.4 Å². The smallest absolute Gasteiger partial charge is 0.223 e. The molecule has 2 nitrogen and oxygen atoms in total. The Bertz CT molecular complexity index is 203. The highest BCUT2D eigenvalue weighted by Crippen LogP contribution is 2.14. The van der Waals surface area contributed by atoms with Crippen LogP contribution < -0.4 is 0 Å². The molecule has 1 aliphatic rings. The van der Waals surface area contributed by atoms with Gasteiger partial charge in [0.2, 0.25) is 5.91 Å². The number of hydrogen-bond acceptors (Lipinski definition) is 1. The fraction of sp³-hybridized carbons (Fsp3) is 0.571. The highest BCUT2D eigenvalue weighted by Gasteiger charge is 2.24. The summed E-state index contributed by atoms with van der Waals surface area (Å²) < 4.78 is 11.4. The quantitative estimate of drug-likeness (QED) is 0.447. The van der Waals surface area contributed by atoms with Crippen LogP contribution in [0.4, 0.5) is 4.39 Å². The Labute approximate surface area is 59.0 Å². The molecule has 54 valence electrons. The summed E-state index contributed by atoms with van der Waals surface area (Å²) in [7, 11) is 1.70. The van der Waals surface area contributed by atoms with Crippen LogP contribution in [0.15, 0.2) is 0 Å². The average Bonchev–Trinajstić information content (AvgIpc) is 2.14. The van der Waals surface area contributed by atoms with Gasteiger partial charge < -0.3 is 4.90 Å². The van der Waals surface area contributed by atoms with Gasteiger partial charge in [-0.05, 0) is 0 Å². The van der Waals surface area contributed by atoms with Gasteiger partial charge in [0.1, 0.15) is 6.17 Å². The second kappa shape index (κ2) is 2.70. The summed E-state index contributed by atoms with van der Waals surface area (Å²) in [5.41, 5.74) is 0. The molecule has 0 N–H and O–H groups in total. The molecule has 1 rings (SSSR count). The van der Waals surface area contributed by atoms with Gasteiger partial charge in [0.05, 0.1) is 0 Å². The van der Waals surface area contributed by atoms with Crippen molar-refractivity contribution in [2.75, 3.05) is 13.6 Å². The van der Waals surface area contributed by atoms with Gasteiger partial charge >= 0.3 is 0 Å². The van der Waals surface area contributed by atoms with Crippen molar-refractivity contribution in [3.05, 3.63) is 0 Å². The Morgan fingerprint density at radius 1 is 1.80 bits per heavy atom. The van der Waals surface area contributed by atoms with Crippen molar-refractivity contribution >= 4 is 5.91 Å². The average molecular weight is 141 g/mol. The normalized spacial score (nSPS) is 24.4. The first-order valence-electron chi connectivity index (χ1n) is 3.09. The predicted octanol–water partition coefficient (Wildman–Crippen LogP) is 0.395. The highest BCUT2D eigenvalue weighted by atomic mass is 19.1. The fourth-order valence-corrected chi connectivity index (χ4v) is 1.04. The maximum Gasteiger partial charge on any atom is 0.223 e. The zero-order valence-electron chi connectivity index (χ0n) is 5.72. The molecule has 1 heterocycles. The van der Waals surface area contributed by atoms with Crippen molar-refractivity contribution < 1.29 is 9.18 Å². The van der Waals surface area contributed by atoms with Crippen molar-refractivity contribution in [2.24, 2.45) is 5.92 Å². The SMILES string of the molecule is CN1CC(C#CF)CC1=O. The summed E-state index contributed by atoms with van der Waals surface area (Å²) in [4.78, 5) is 12.4. The lowest BCUT2D eigenvalue weighted by Gasteiger charge is -2.04. The molecule has 1 amide bonds. The molecule has 0 aromatic heterocycles. The minimum atomic E-state index is -0.0949. The van der Waals surface area contributed by atoms with Gasteiger partial charge in [-0.25, -0.2) is 0 Å².